The molecule has 0 amide bonds. The Bertz CT molecular complexity index is 308. The number of hydrogen-bond acceptors (Lipinski definition) is 1. The smallest absolute Gasteiger partial charge is 0.0953 e. The molecule has 0 atom stereocenters. The zero-order valence-electron chi connectivity index (χ0n) is 8.96. The third-order valence-electron chi connectivity index (χ3n) is 2.37. The van der Waals surface area contributed by atoms with Crippen molar-refractivity contribution in [2.45, 2.75) is 33.6 Å². The Hall–Kier alpha value is -1.05. The van der Waals surface area contributed by atoms with Crippen LogP contribution in [0, 0.1) is 0 Å². The Kier molecular flexibility index (Phi) is 3.29. The zero-order valence-corrected chi connectivity index (χ0v) is 8.96. The molecule has 1 aromatic rings. The largest absolute Gasteiger partial charge is 0.337 e. The molecule has 0 aliphatic carbocycles. The molecule has 0 N–H and O–H groups in total. The highest BCUT2D eigenvalue weighted by atomic mass is 15.0. The van der Waals surface area contributed by atoms with E-state index in [2.05, 4.69) is 36.4 Å². The first-order valence-electron chi connectivity index (χ1n) is 4.86. The third-order valence-corrected chi connectivity index (χ3v) is 2.37. The summed E-state index contributed by atoms with van der Waals surface area (Å²) in [4.78, 5) is 4.36. The molecule has 0 aromatic carbocycles. The van der Waals surface area contributed by atoms with Crippen molar-refractivity contribution in [2.24, 2.45) is 7.05 Å². The Labute approximate surface area is 80.3 Å². The summed E-state index contributed by atoms with van der Waals surface area (Å²) >= 11 is 0. The first-order valence-corrected chi connectivity index (χ1v) is 4.86. The predicted octanol–water partition coefficient (Wildman–Crippen LogP) is 2.80. The number of aromatic nitrogens is 2. The average molecular weight is 178 g/mol. The fraction of sp³-hybridized carbons (Fsp3) is 0.545. The van der Waals surface area contributed by atoms with Crippen LogP contribution in [0.4, 0.5) is 0 Å². The molecule has 0 fully saturated rings. The second-order valence-corrected chi connectivity index (χ2v) is 3.39. The van der Waals surface area contributed by atoms with Gasteiger partial charge in [-0.2, -0.15) is 0 Å². The van der Waals surface area contributed by atoms with Crippen LogP contribution in [0.2, 0.25) is 0 Å². The summed E-state index contributed by atoms with van der Waals surface area (Å²) in [6, 6.07) is 0. The summed E-state index contributed by atoms with van der Waals surface area (Å²) in [6.07, 6.45) is 6.20. The summed E-state index contributed by atoms with van der Waals surface area (Å²) in [6.45, 7) is 6.48. The molecule has 0 spiro atoms. The van der Waals surface area contributed by atoms with Crippen molar-refractivity contribution in [3.8, 4) is 0 Å². The van der Waals surface area contributed by atoms with Gasteiger partial charge in [-0.05, 0) is 25.8 Å². The fourth-order valence-electron chi connectivity index (χ4n) is 1.36. The number of imidazole rings is 1. The van der Waals surface area contributed by atoms with Gasteiger partial charge in [0.05, 0.1) is 12.0 Å². The van der Waals surface area contributed by atoms with Gasteiger partial charge in [-0.1, -0.05) is 19.4 Å². The zero-order chi connectivity index (χ0) is 9.84. The first-order chi connectivity index (χ1) is 6.19. The normalized spacial score (nSPS) is 12.2. The molecule has 1 heterocycles. The van der Waals surface area contributed by atoms with E-state index in [1.807, 2.05) is 13.4 Å². The van der Waals surface area contributed by atoms with E-state index in [1.165, 1.54) is 11.3 Å². The van der Waals surface area contributed by atoms with Gasteiger partial charge in [0.2, 0.25) is 0 Å². The third kappa shape index (κ3) is 2.20. The van der Waals surface area contributed by atoms with Crippen LogP contribution in [0.15, 0.2) is 11.9 Å². The van der Waals surface area contributed by atoms with Gasteiger partial charge in [0.25, 0.3) is 0 Å². The highest BCUT2D eigenvalue weighted by molar-refractivity contribution is 5.50. The lowest BCUT2D eigenvalue weighted by atomic mass is 10.1. The van der Waals surface area contributed by atoms with E-state index in [0.717, 1.165) is 18.5 Å². The van der Waals surface area contributed by atoms with Crippen LogP contribution < -0.4 is 0 Å². The van der Waals surface area contributed by atoms with Crippen LogP contribution in [0.3, 0.4) is 0 Å². The first kappa shape index (κ1) is 10.0. The van der Waals surface area contributed by atoms with Crippen molar-refractivity contribution >= 4 is 6.08 Å². The van der Waals surface area contributed by atoms with E-state index in [0.29, 0.717) is 0 Å². The highest BCUT2D eigenvalue weighted by Gasteiger charge is 2.03. The Morgan fingerprint density at radius 1 is 1.54 bits per heavy atom. The lowest BCUT2D eigenvalue weighted by Crippen LogP contribution is -1.94. The molecule has 0 radical (unpaired) electrons. The van der Waals surface area contributed by atoms with Gasteiger partial charge >= 0.3 is 0 Å². The number of rotatable bonds is 3. The molecule has 2 heteroatoms. The number of aryl methyl sites for hydroxylation is 1. The molecule has 1 aromatic heterocycles. The summed E-state index contributed by atoms with van der Waals surface area (Å²) < 4.78 is 2.09. The molecule has 0 aliphatic heterocycles. The maximum absolute atomic E-state index is 4.36. The molecule has 13 heavy (non-hydrogen) atoms. The van der Waals surface area contributed by atoms with Crippen LogP contribution in [0.25, 0.3) is 6.08 Å². The topological polar surface area (TPSA) is 17.8 Å². The molecule has 0 saturated heterocycles. The van der Waals surface area contributed by atoms with Gasteiger partial charge in [-0.25, -0.2) is 4.98 Å². The van der Waals surface area contributed by atoms with Crippen LogP contribution >= 0.6 is 0 Å². The molecule has 0 aliphatic rings. The van der Waals surface area contributed by atoms with Crippen molar-refractivity contribution in [3.63, 3.8) is 0 Å². The Morgan fingerprint density at radius 2 is 2.23 bits per heavy atom. The minimum atomic E-state index is 1.04. The predicted molar refractivity (Wildman–Crippen MR) is 56.5 cm³/mol. The molecular formula is C11H18N2. The van der Waals surface area contributed by atoms with Crippen LogP contribution in [-0.2, 0) is 13.5 Å². The molecule has 1 rings (SSSR count). The quantitative estimate of drug-likeness (QED) is 0.696. The lowest BCUT2D eigenvalue weighted by Gasteiger charge is -2.00. The Morgan fingerprint density at radius 3 is 2.77 bits per heavy atom. The van der Waals surface area contributed by atoms with E-state index in [9.17, 15) is 0 Å². The molecule has 2 nitrogen and oxygen atoms in total. The monoisotopic (exact) mass is 178 g/mol. The van der Waals surface area contributed by atoms with Crippen LogP contribution in [0.5, 0.6) is 0 Å². The van der Waals surface area contributed by atoms with Gasteiger partial charge in [0, 0.05) is 12.7 Å². The fourth-order valence-corrected chi connectivity index (χ4v) is 1.36. The van der Waals surface area contributed by atoms with Crippen molar-refractivity contribution in [1.29, 1.82) is 0 Å². The van der Waals surface area contributed by atoms with Gasteiger partial charge < -0.3 is 4.57 Å². The van der Waals surface area contributed by atoms with Crippen molar-refractivity contribution < 1.29 is 0 Å². The van der Waals surface area contributed by atoms with E-state index in [-0.39, 0.29) is 0 Å². The standard InChI is InChI=1S/C11H18N2/c1-5-9(3)7-10-11(6-2)13(4)8-12-10/h7-8H,5-6H2,1-4H3/b9-7+. The minimum absolute atomic E-state index is 1.04. The molecule has 0 unspecified atom stereocenters. The average Bonchev–Trinajstić information content (AvgIpc) is 2.46. The maximum Gasteiger partial charge on any atom is 0.0953 e. The maximum atomic E-state index is 4.36. The van der Waals surface area contributed by atoms with Crippen LogP contribution in [0.1, 0.15) is 38.6 Å². The lowest BCUT2D eigenvalue weighted by molar-refractivity contribution is 0.832. The minimum Gasteiger partial charge on any atom is -0.337 e. The van der Waals surface area contributed by atoms with E-state index < -0.39 is 0 Å². The summed E-state index contributed by atoms with van der Waals surface area (Å²) in [7, 11) is 2.05. The van der Waals surface area contributed by atoms with E-state index in [1.54, 1.807) is 0 Å². The van der Waals surface area contributed by atoms with Gasteiger partial charge in [0.15, 0.2) is 0 Å². The number of hydrogen-bond donors (Lipinski definition) is 0. The van der Waals surface area contributed by atoms with E-state index in [4.69, 9.17) is 0 Å². The molecular weight excluding hydrogens is 160 g/mol. The molecule has 72 valence electrons. The summed E-state index contributed by atoms with van der Waals surface area (Å²) in [5.74, 6) is 0. The summed E-state index contributed by atoms with van der Waals surface area (Å²) in [5.41, 5.74) is 3.82. The second kappa shape index (κ2) is 4.26. The highest BCUT2D eigenvalue weighted by Crippen LogP contribution is 2.12. The SMILES string of the molecule is CC/C(C)=C/c1ncn(C)c1CC. The van der Waals surface area contributed by atoms with Gasteiger partial charge in [-0.3, -0.25) is 0 Å². The van der Waals surface area contributed by atoms with E-state index >= 15 is 0 Å². The van der Waals surface area contributed by atoms with Crippen molar-refractivity contribution in [2.75, 3.05) is 0 Å². The summed E-state index contributed by atoms with van der Waals surface area (Å²) in [5, 5.41) is 0. The molecule has 0 saturated carbocycles. The Balaban J connectivity index is 3.01. The van der Waals surface area contributed by atoms with Crippen molar-refractivity contribution in [3.05, 3.63) is 23.3 Å². The van der Waals surface area contributed by atoms with Crippen LogP contribution in [-0.4, -0.2) is 9.55 Å². The van der Waals surface area contributed by atoms with Crippen molar-refractivity contribution in [1.82, 2.24) is 9.55 Å². The second-order valence-electron chi connectivity index (χ2n) is 3.39. The van der Waals surface area contributed by atoms with Gasteiger partial charge in [0.1, 0.15) is 0 Å². The van der Waals surface area contributed by atoms with Gasteiger partial charge in [-0.15, -0.1) is 0 Å². The number of allylic oxidation sites excluding steroid dienone is 1. The number of nitrogens with zero attached hydrogens (tertiary/aromatic N) is 2. The molecule has 0 bridgehead atoms.